The summed E-state index contributed by atoms with van der Waals surface area (Å²) < 4.78 is 27.7. The Morgan fingerprint density at radius 1 is 1.32 bits per heavy atom. The van der Waals surface area contributed by atoms with E-state index in [1.54, 1.807) is 6.07 Å². The Kier molecular flexibility index (Phi) is 6.20. The molecule has 1 saturated heterocycles. The number of amides is 1. The van der Waals surface area contributed by atoms with Crippen LogP contribution in [-0.2, 0) is 10.0 Å². The Morgan fingerprint density at radius 3 is 2.82 bits per heavy atom. The normalized spacial score (nSPS) is 18.3. The number of pyridine rings is 1. The number of carbonyl (C=O) groups excluding carboxylic acids is 1. The van der Waals surface area contributed by atoms with Gasteiger partial charge in [0.25, 0.3) is 5.91 Å². The first-order valence-corrected chi connectivity index (χ1v) is 11.2. The molecule has 1 amide bonds. The maximum atomic E-state index is 13.1. The third-order valence-corrected chi connectivity index (χ3v) is 6.99. The number of aromatic nitrogens is 1. The lowest BCUT2D eigenvalue weighted by molar-refractivity contribution is 0.0954. The highest BCUT2D eigenvalue weighted by Crippen LogP contribution is 2.26. The van der Waals surface area contributed by atoms with Crippen molar-refractivity contribution in [3.63, 3.8) is 0 Å². The van der Waals surface area contributed by atoms with Crippen LogP contribution in [-0.4, -0.2) is 43.2 Å². The standard InChI is InChI=1S/C20H27N3O4S/c1-3-4-9-21-20(25)17-12-19(24)22-18-8-7-15(11-16(17)18)28(26,27)23-10-5-6-14(2)13-23/h7-8,11-12,14H,3-6,9-10,13H2,1-2H3,(H,21,25)(H,22,24). The highest BCUT2D eigenvalue weighted by atomic mass is 32.2. The van der Waals surface area contributed by atoms with Crippen molar-refractivity contribution in [3.05, 3.63) is 40.2 Å². The SMILES string of the molecule is CCCCNC(=O)c1cc(=O)[nH]c2ccc(S(=O)(=O)N3CCCC(C)C3)cc12. The fraction of sp³-hybridized carbons (Fsp3) is 0.500. The van der Waals surface area contributed by atoms with Gasteiger partial charge in [-0.3, -0.25) is 9.59 Å². The highest BCUT2D eigenvalue weighted by molar-refractivity contribution is 7.89. The second-order valence-electron chi connectivity index (χ2n) is 7.47. The summed E-state index contributed by atoms with van der Waals surface area (Å²) in [5, 5.41) is 3.23. The van der Waals surface area contributed by atoms with Crippen LogP contribution in [0.25, 0.3) is 10.9 Å². The van der Waals surface area contributed by atoms with Crippen LogP contribution in [0.15, 0.2) is 34.0 Å². The fourth-order valence-corrected chi connectivity index (χ4v) is 5.19. The predicted octanol–water partition coefficient (Wildman–Crippen LogP) is 2.48. The van der Waals surface area contributed by atoms with Crippen molar-refractivity contribution in [2.45, 2.75) is 44.4 Å². The number of nitrogens with zero attached hydrogens (tertiary/aromatic N) is 1. The molecule has 8 heteroatoms. The van der Waals surface area contributed by atoms with E-state index in [0.717, 1.165) is 25.7 Å². The van der Waals surface area contributed by atoms with Crippen LogP contribution in [0.1, 0.15) is 49.9 Å². The minimum atomic E-state index is -3.65. The Bertz CT molecular complexity index is 1030. The molecular formula is C20H27N3O4S. The number of piperidine rings is 1. The number of H-pyrrole nitrogens is 1. The molecule has 0 spiro atoms. The van der Waals surface area contributed by atoms with Gasteiger partial charge >= 0.3 is 0 Å². The Labute approximate surface area is 165 Å². The second kappa shape index (κ2) is 8.45. The fourth-order valence-electron chi connectivity index (χ4n) is 3.57. The molecule has 7 nitrogen and oxygen atoms in total. The van der Waals surface area contributed by atoms with E-state index < -0.39 is 15.6 Å². The third-order valence-electron chi connectivity index (χ3n) is 5.13. The molecule has 152 valence electrons. The highest BCUT2D eigenvalue weighted by Gasteiger charge is 2.29. The molecule has 2 heterocycles. The number of benzene rings is 1. The lowest BCUT2D eigenvalue weighted by atomic mass is 10.0. The summed E-state index contributed by atoms with van der Waals surface area (Å²) in [5.41, 5.74) is 0.242. The summed E-state index contributed by atoms with van der Waals surface area (Å²) in [7, 11) is -3.65. The van der Waals surface area contributed by atoms with Gasteiger partial charge in [0.05, 0.1) is 10.5 Å². The first kappa shape index (κ1) is 20.5. The van der Waals surface area contributed by atoms with Gasteiger partial charge < -0.3 is 10.3 Å². The van der Waals surface area contributed by atoms with Gasteiger partial charge in [0.2, 0.25) is 15.6 Å². The van der Waals surface area contributed by atoms with Gasteiger partial charge in [-0.15, -0.1) is 0 Å². The Morgan fingerprint density at radius 2 is 2.11 bits per heavy atom. The monoisotopic (exact) mass is 405 g/mol. The van der Waals surface area contributed by atoms with E-state index in [2.05, 4.69) is 10.3 Å². The van der Waals surface area contributed by atoms with E-state index in [0.29, 0.717) is 36.5 Å². The summed E-state index contributed by atoms with van der Waals surface area (Å²) in [5.74, 6) is -0.0501. The number of hydrogen-bond acceptors (Lipinski definition) is 4. The van der Waals surface area contributed by atoms with Gasteiger partial charge in [-0.2, -0.15) is 4.31 Å². The number of hydrogen-bond donors (Lipinski definition) is 2. The molecule has 0 aliphatic carbocycles. The van der Waals surface area contributed by atoms with E-state index in [1.807, 2.05) is 13.8 Å². The number of nitrogens with one attached hydrogen (secondary N) is 2. The van der Waals surface area contributed by atoms with E-state index in [4.69, 9.17) is 0 Å². The summed E-state index contributed by atoms with van der Waals surface area (Å²) in [6.45, 7) is 5.57. The van der Waals surface area contributed by atoms with E-state index in [-0.39, 0.29) is 16.4 Å². The topological polar surface area (TPSA) is 99.3 Å². The molecule has 1 aliphatic rings. The van der Waals surface area contributed by atoms with Crippen molar-refractivity contribution in [1.82, 2.24) is 14.6 Å². The van der Waals surface area contributed by atoms with E-state index in [9.17, 15) is 18.0 Å². The van der Waals surface area contributed by atoms with Crippen molar-refractivity contribution in [2.75, 3.05) is 19.6 Å². The molecule has 2 aromatic rings. The number of unbranched alkanes of at least 4 members (excludes halogenated alkanes) is 1. The van der Waals surface area contributed by atoms with Crippen LogP contribution in [0.3, 0.4) is 0 Å². The van der Waals surface area contributed by atoms with Gasteiger partial charge in [0.15, 0.2) is 0 Å². The van der Waals surface area contributed by atoms with Gasteiger partial charge in [0, 0.05) is 36.6 Å². The zero-order valence-electron chi connectivity index (χ0n) is 16.3. The average molecular weight is 406 g/mol. The molecule has 0 saturated carbocycles. The van der Waals surface area contributed by atoms with Crippen molar-refractivity contribution < 1.29 is 13.2 Å². The summed E-state index contributed by atoms with van der Waals surface area (Å²) in [4.78, 5) is 27.3. The van der Waals surface area contributed by atoms with Crippen LogP contribution in [0.5, 0.6) is 0 Å². The van der Waals surface area contributed by atoms with Crippen LogP contribution in [0, 0.1) is 5.92 Å². The maximum absolute atomic E-state index is 13.1. The number of rotatable bonds is 6. The molecule has 1 unspecified atom stereocenters. The van der Waals surface area contributed by atoms with Crippen molar-refractivity contribution in [2.24, 2.45) is 5.92 Å². The van der Waals surface area contributed by atoms with Gasteiger partial charge in [-0.25, -0.2) is 8.42 Å². The van der Waals surface area contributed by atoms with Gasteiger partial charge in [-0.05, 0) is 43.4 Å². The van der Waals surface area contributed by atoms with Gasteiger partial charge in [-0.1, -0.05) is 20.3 Å². The number of sulfonamides is 1. The maximum Gasteiger partial charge on any atom is 0.252 e. The lowest BCUT2D eigenvalue weighted by Gasteiger charge is -2.30. The number of carbonyl (C=O) groups is 1. The second-order valence-corrected chi connectivity index (χ2v) is 9.41. The van der Waals surface area contributed by atoms with Crippen molar-refractivity contribution in [3.8, 4) is 0 Å². The molecule has 1 aromatic heterocycles. The van der Waals surface area contributed by atoms with E-state index >= 15 is 0 Å². The molecule has 2 N–H and O–H groups in total. The molecule has 1 aromatic carbocycles. The Hall–Kier alpha value is -2.19. The minimum Gasteiger partial charge on any atom is -0.352 e. The number of aromatic amines is 1. The molecule has 0 radical (unpaired) electrons. The van der Waals surface area contributed by atoms with Crippen LogP contribution in [0.4, 0.5) is 0 Å². The quantitative estimate of drug-likeness (QED) is 0.721. The predicted molar refractivity (Wildman–Crippen MR) is 109 cm³/mol. The molecule has 1 aliphatic heterocycles. The van der Waals surface area contributed by atoms with Crippen LogP contribution in [0.2, 0.25) is 0 Å². The van der Waals surface area contributed by atoms with Crippen molar-refractivity contribution in [1.29, 1.82) is 0 Å². The molecule has 0 bridgehead atoms. The van der Waals surface area contributed by atoms with E-state index in [1.165, 1.54) is 22.5 Å². The summed E-state index contributed by atoms with van der Waals surface area (Å²) >= 11 is 0. The minimum absolute atomic E-state index is 0.142. The lowest BCUT2D eigenvalue weighted by Crippen LogP contribution is -2.39. The third kappa shape index (κ3) is 4.28. The molecule has 3 rings (SSSR count). The molecular weight excluding hydrogens is 378 g/mol. The molecule has 1 atom stereocenters. The van der Waals surface area contributed by atoms with Crippen LogP contribution >= 0.6 is 0 Å². The average Bonchev–Trinajstić information content (AvgIpc) is 2.67. The summed E-state index contributed by atoms with van der Waals surface area (Å²) in [6, 6.07) is 5.77. The molecule has 28 heavy (non-hydrogen) atoms. The van der Waals surface area contributed by atoms with Crippen LogP contribution < -0.4 is 10.9 Å². The summed E-state index contributed by atoms with van der Waals surface area (Å²) in [6.07, 6.45) is 3.63. The van der Waals surface area contributed by atoms with Gasteiger partial charge in [0.1, 0.15) is 0 Å². The largest absolute Gasteiger partial charge is 0.352 e. The first-order chi connectivity index (χ1) is 13.3. The first-order valence-electron chi connectivity index (χ1n) is 9.78. The Balaban J connectivity index is 2.02. The molecule has 1 fully saturated rings. The zero-order chi connectivity index (χ0) is 20.3. The van der Waals surface area contributed by atoms with Crippen molar-refractivity contribution >= 4 is 26.8 Å². The number of fused-ring (bicyclic) bond motifs is 1. The smallest absolute Gasteiger partial charge is 0.252 e. The zero-order valence-corrected chi connectivity index (χ0v) is 17.1.